The average Bonchev–Trinajstić information content (AvgIpc) is 3.51. The minimum atomic E-state index is -0.340. The molecule has 1 aromatic heterocycles. The maximum Gasteiger partial charge on any atom is 0.244 e. The van der Waals surface area contributed by atoms with Crippen LogP contribution < -0.4 is 4.74 Å². The van der Waals surface area contributed by atoms with Crippen LogP contribution in [0.2, 0.25) is 0 Å². The van der Waals surface area contributed by atoms with Crippen LogP contribution in [0.25, 0.3) is 0 Å². The van der Waals surface area contributed by atoms with Gasteiger partial charge in [0, 0.05) is 63.4 Å². The van der Waals surface area contributed by atoms with E-state index in [0.29, 0.717) is 41.8 Å². The van der Waals surface area contributed by atoms with Crippen LogP contribution in [-0.2, 0) is 28.9 Å². The number of rotatable bonds is 11. The second-order valence-electron chi connectivity index (χ2n) is 9.93. The van der Waals surface area contributed by atoms with Gasteiger partial charge in [0.05, 0.1) is 4.47 Å². The number of nitrogens with zero attached hydrogens (tertiary/aromatic N) is 3. The first-order valence-corrected chi connectivity index (χ1v) is 14.7. The molecule has 0 atom stereocenters. The van der Waals surface area contributed by atoms with E-state index in [9.17, 15) is 14.0 Å². The molecule has 0 bridgehead atoms. The highest BCUT2D eigenvalue weighted by Gasteiger charge is 2.28. The Morgan fingerprint density at radius 3 is 2.55 bits per heavy atom. The summed E-state index contributed by atoms with van der Waals surface area (Å²) in [7, 11) is 0. The maximum atomic E-state index is 13.4. The number of carbonyl (C=O) groups is 2. The lowest BCUT2D eigenvalue weighted by atomic mass is 10.1. The molecule has 1 fully saturated rings. The Morgan fingerprint density at radius 1 is 1.11 bits per heavy atom. The lowest BCUT2D eigenvalue weighted by molar-refractivity contribution is -0.133. The lowest BCUT2D eigenvalue weighted by Gasteiger charge is -2.32. The van der Waals surface area contributed by atoms with Crippen molar-refractivity contribution in [2.45, 2.75) is 91.2 Å². The van der Waals surface area contributed by atoms with Crippen LogP contribution in [0.3, 0.4) is 0 Å². The highest BCUT2D eigenvalue weighted by atomic mass is 79.9. The predicted octanol–water partition coefficient (Wildman–Crippen LogP) is 6.15. The lowest BCUT2D eigenvalue weighted by Crippen LogP contribution is -2.43. The van der Waals surface area contributed by atoms with Gasteiger partial charge in [-0.3, -0.25) is 14.3 Å². The maximum absolute atomic E-state index is 13.4. The number of fused-ring (bicyclic) bond motifs is 1. The number of hydrogen-bond donors (Lipinski definition) is 0. The second kappa shape index (κ2) is 15.4. The normalized spacial score (nSPS) is 15.1. The number of ketones is 1. The molecular formula is C29H41BrFN3O4. The number of aromatic nitrogens is 2. The number of carbonyl (C=O) groups excluding carboxylic acids is 2. The minimum Gasteiger partial charge on any atom is -0.489 e. The van der Waals surface area contributed by atoms with E-state index in [1.165, 1.54) is 38.3 Å². The molecule has 2 heterocycles. The van der Waals surface area contributed by atoms with Gasteiger partial charge in [0.2, 0.25) is 5.91 Å². The first-order chi connectivity index (χ1) is 18.3. The van der Waals surface area contributed by atoms with Crippen LogP contribution in [0.4, 0.5) is 4.39 Å². The van der Waals surface area contributed by atoms with Gasteiger partial charge in [-0.15, -0.1) is 0 Å². The summed E-state index contributed by atoms with van der Waals surface area (Å²) in [6.07, 6.45) is 9.00. The smallest absolute Gasteiger partial charge is 0.244 e. The van der Waals surface area contributed by atoms with Crippen LogP contribution in [0.1, 0.15) is 87.5 Å². The third-order valence-corrected chi connectivity index (χ3v) is 7.50. The average molecular weight is 595 g/mol. The largest absolute Gasteiger partial charge is 0.489 e. The van der Waals surface area contributed by atoms with Crippen molar-refractivity contribution >= 4 is 27.6 Å². The summed E-state index contributed by atoms with van der Waals surface area (Å²) < 4.78 is 27.1. The Bertz CT molecular complexity index is 1060. The van der Waals surface area contributed by atoms with Gasteiger partial charge in [0.1, 0.15) is 29.9 Å². The van der Waals surface area contributed by atoms with Crippen molar-refractivity contribution in [1.29, 1.82) is 0 Å². The molecule has 2 aliphatic rings. The fourth-order valence-electron chi connectivity index (χ4n) is 4.82. The van der Waals surface area contributed by atoms with Crippen molar-refractivity contribution in [3.63, 3.8) is 0 Å². The summed E-state index contributed by atoms with van der Waals surface area (Å²) in [6, 6.07) is 4.37. The number of likely N-dealkylation sites (tertiary alicyclic amines) is 1. The molecule has 38 heavy (non-hydrogen) atoms. The molecule has 0 saturated carbocycles. The van der Waals surface area contributed by atoms with Crippen molar-refractivity contribution < 1.29 is 23.5 Å². The fourth-order valence-corrected chi connectivity index (χ4v) is 5.16. The van der Waals surface area contributed by atoms with E-state index in [2.05, 4.69) is 34.9 Å². The summed E-state index contributed by atoms with van der Waals surface area (Å²) >= 11 is 3.38. The minimum absolute atomic E-state index is 0.00249. The Labute approximate surface area is 234 Å². The first-order valence-electron chi connectivity index (χ1n) is 13.9. The Morgan fingerprint density at radius 2 is 1.87 bits per heavy atom. The number of piperidine rings is 1. The highest BCUT2D eigenvalue weighted by molar-refractivity contribution is 9.10. The van der Waals surface area contributed by atoms with Gasteiger partial charge in [0.25, 0.3) is 0 Å². The molecule has 1 aliphatic heterocycles. The van der Waals surface area contributed by atoms with Crippen molar-refractivity contribution in [2.75, 3.05) is 26.3 Å². The number of hydrogen-bond acceptors (Lipinski definition) is 5. The fraction of sp³-hybridized carbons (Fsp3) is 0.621. The SMILES string of the molecule is CC(=O)c1nn(CC(=O)N2CCC(Oc3cc(F)ccc3Br)CC2)c2c1CCC2.CCCCCOCCC. The summed E-state index contributed by atoms with van der Waals surface area (Å²) in [4.78, 5) is 26.4. The van der Waals surface area contributed by atoms with Crippen LogP contribution in [0.5, 0.6) is 5.75 Å². The van der Waals surface area contributed by atoms with Gasteiger partial charge in [-0.1, -0.05) is 26.7 Å². The number of halogens is 2. The van der Waals surface area contributed by atoms with E-state index in [1.807, 2.05) is 4.90 Å². The topological polar surface area (TPSA) is 73.7 Å². The number of benzene rings is 1. The quantitative estimate of drug-likeness (QED) is 0.231. The van der Waals surface area contributed by atoms with E-state index in [-0.39, 0.29) is 30.2 Å². The number of ether oxygens (including phenoxy) is 2. The monoisotopic (exact) mass is 593 g/mol. The van der Waals surface area contributed by atoms with Gasteiger partial charge in [0.15, 0.2) is 5.78 Å². The molecule has 7 nitrogen and oxygen atoms in total. The predicted molar refractivity (Wildman–Crippen MR) is 149 cm³/mol. The molecule has 210 valence electrons. The van der Waals surface area contributed by atoms with E-state index in [4.69, 9.17) is 9.47 Å². The zero-order valence-corrected chi connectivity index (χ0v) is 24.5. The Kier molecular flexibility index (Phi) is 12.2. The van der Waals surface area contributed by atoms with Crippen molar-refractivity contribution in [1.82, 2.24) is 14.7 Å². The van der Waals surface area contributed by atoms with Crippen LogP contribution in [0.15, 0.2) is 22.7 Å². The van der Waals surface area contributed by atoms with Crippen LogP contribution >= 0.6 is 15.9 Å². The van der Waals surface area contributed by atoms with Crippen molar-refractivity contribution in [3.8, 4) is 5.75 Å². The van der Waals surface area contributed by atoms with Crippen LogP contribution in [0, 0.1) is 5.82 Å². The van der Waals surface area contributed by atoms with Gasteiger partial charge in [-0.25, -0.2) is 4.39 Å². The molecule has 2 aromatic rings. The Balaban J connectivity index is 0.000000383. The number of unbranched alkanes of at least 4 members (excludes halogenated alkanes) is 2. The molecule has 0 spiro atoms. The molecule has 0 unspecified atom stereocenters. The van der Waals surface area contributed by atoms with E-state index in [0.717, 1.165) is 50.2 Å². The molecular weight excluding hydrogens is 553 g/mol. The second-order valence-corrected chi connectivity index (χ2v) is 10.8. The summed E-state index contributed by atoms with van der Waals surface area (Å²) in [5.74, 6) is 0.102. The van der Waals surface area contributed by atoms with Gasteiger partial charge in [-0.05, 0) is 60.2 Å². The summed E-state index contributed by atoms with van der Waals surface area (Å²) in [5.41, 5.74) is 2.55. The zero-order chi connectivity index (χ0) is 27.5. The first kappa shape index (κ1) is 30.3. The zero-order valence-electron chi connectivity index (χ0n) is 22.9. The molecule has 1 aromatic carbocycles. The van der Waals surface area contributed by atoms with E-state index < -0.39 is 0 Å². The molecule has 1 amide bonds. The molecule has 4 rings (SSSR count). The summed E-state index contributed by atoms with van der Waals surface area (Å²) in [6.45, 7) is 9.09. The molecule has 0 N–H and O–H groups in total. The van der Waals surface area contributed by atoms with Crippen molar-refractivity contribution in [2.24, 2.45) is 0 Å². The van der Waals surface area contributed by atoms with Gasteiger partial charge in [-0.2, -0.15) is 5.10 Å². The van der Waals surface area contributed by atoms with E-state index >= 15 is 0 Å². The molecule has 1 saturated heterocycles. The molecule has 0 radical (unpaired) electrons. The van der Waals surface area contributed by atoms with Gasteiger partial charge >= 0.3 is 0 Å². The molecule has 1 aliphatic carbocycles. The summed E-state index contributed by atoms with van der Waals surface area (Å²) in [5, 5.41) is 4.41. The third kappa shape index (κ3) is 8.63. The van der Waals surface area contributed by atoms with Crippen molar-refractivity contribution in [3.05, 3.63) is 45.4 Å². The molecule has 9 heteroatoms. The standard InChI is InChI=1S/C21H23BrFN3O3.C8H18O/c1-13(27)21-16-3-2-4-18(16)26(24-21)12-20(28)25-9-7-15(8-10-25)29-19-11-14(23)5-6-17(19)22;1-3-5-6-8-9-7-4-2/h5-6,11,15H,2-4,7-10,12H2,1H3;3-8H2,1-2H3. The number of amides is 1. The van der Waals surface area contributed by atoms with Crippen LogP contribution in [-0.4, -0.2) is 58.8 Å². The van der Waals surface area contributed by atoms with E-state index in [1.54, 1.807) is 10.7 Å². The third-order valence-electron chi connectivity index (χ3n) is 6.85. The Hall–Kier alpha value is -2.26. The number of Topliss-reactive ketones (excluding diaryl/α,β-unsaturated/α-hetero) is 1. The highest BCUT2D eigenvalue weighted by Crippen LogP contribution is 2.29. The van der Waals surface area contributed by atoms with Gasteiger partial charge < -0.3 is 14.4 Å².